The van der Waals surface area contributed by atoms with E-state index >= 15 is 0 Å². The summed E-state index contributed by atoms with van der Waals surface area (Å²) in [6.45, 7) is 1.11. The summed E-state index contributed by atoms with van der Waals surface area (Å²) in [5.41, 5.74) is 0.0264. The van der Waals surface area contributed by atoms with Crippen LogP contribution in [0.25, 0.3) is 11.2 Å². The molecule has 0 aromatic carbocycles. The summed E-state index contributed by atoms with van der Waals surface area (Å²) in [6, 6.07) is 0. The third-order valence-electron chi connectivity index (χ3n) is 4.88. The number of nitrogens with one attached hydrogen (secondary N) is 1. The van der Waals surface area contributed by atoms with Crippen molar-refractivity contribution < 1.29 is 20.1 Å². The Hall–Kier alpha value is -2.01. The fraction of sp³-hybridized carbons (Fsp3) is 0.667. The van der Waals surface area contributed by atoms with Crippen molar-refractivity contribution >= 4 is 17.1 Å². The summed E-state index contributed by atoms with van der Waals surface area (Å²) < 4.78 is 7.14. The van der Waals surface area contributed by atoms with Gasteiger partial charge in [-0.05, 0) is 19.3 Å². The summed E-state index contributed by atoms with van der Waals surface area (Å²) in [5.74, 6) is 0.480. The van der Waals surface area contributed by atoms with Crippen molar-refractivity contribution in [1.82, 2.24) is 19.5 Å². The molecular weight excluding hydrogens is 330 g/mol. The molecule has 2 aliphatic rings. The lowest BCUT2D eigenvalue weighted by molar-refractivity contribution is -0.0503. The van der Waals surface area contributed by atoms with Crippen molar-refractivity contribution in [2.24, 2.45) is 0 Å². The maximum atomic E-state index is 12.4. The number of hydrogen-bond acceptors (Lipinski definition) is 8. The molecule has 0 aliphatic carbocycles. The van der Waals surface area contributed by atoms with Crippen LogP contribution in [0.2, 0.25) is 0 Å². The number of aliphatic hydroxyl groups is 3. The SMILES string of the molecule is O=c1[nH]cnc2nc(N3CCCCC3)n([C@H]3O[C@@H](CO)[C@H](O)[C@@H]3O)c12. The summed E-state index contributed by atoms with van der Waals surface area (Å²) in [6.07, 6.45) is -0.0915. The Morgan fingerprint density at radius 2 is 2.00 bits per heavy atom. The minimum atomic E-state index is -1.29. The van der Waals surface area contributed by atoms with Crippen LogP contribution in [0.4, 0.5) is 5.95 Å². The molecule has 0 amide bonds. The number of aromatic amines is 1. The molecule has 25 heavy (non-hydrogen) atoms. The van der Waals surface area contributed by atoms with Crippen LogP contribution in [0, 0.1) is 0 Å². The van der Waals surface area contributed by atoms with Gasteiger partial charge in [0.1, 0.15) is 18.3 Å². The summed E-state index contributed by atoms with van der Waals surface area (Å²) >= 11 is 0. The number of nitrogens with zero attached hydrogens (tertiary/aromatic N) is 4. The van der Waals surface area contributed by atoms with E-state index in [-0.39, 0.29) is 11.2 Å². The smallest absolute Gasteiger partial charge is 0.277 e. The van der Waals surface area contributed by atoms with Crippen molar-refractivity contribution in [1.29, 1.82) is 0 Å². The number of hydrogen-bond donors (Lipinski definition) is 4. The van der Waals surface area contributed by atoms with Crippen LogP contribution in [-0.4, -0.2) is 72.8 Å². The Kier molecular flexibility index (Phi) is 4.20. The number of imidazole rings is 1. The predicted molar refractivity (Wildman–Crippen MR) is 87.2 cm³/mol. The van der Waals surface area contributed by atoms with Crippen molar-refractivity contribution in [2.45, 2.75) is 43.8 Å². The molecule has 2 aliphatic heterocycles. The van der Waals surface area contributed by atoms with Crippen LogP contribution in [0.1, 0.15) is 25.5 Å². The van der Waals surface area contributed by atoms with E-state index in [1.165, 1.54) is 10.9 Å². The third-order valence-corrected chi connectivity index (χ3v) is 4.88. The maximum Gasteiger partial charge on any atom is 0.277 e. The molecule has 2 aromatic heterocycles. The van der Waals surface area contributed by atoms with Crippen molar-refractivity contribution in [3.8, 4) is 0 Å². The Balaban J connectivity index is 1.87. The van der Waals surface area contributed by atoms with E-state index in [0.717, 1.165) is 32.4 Å². The van der Waals surface area contributed by atoms with Gasteiger partial charge in [0, 0.05) is 13.1 Å². The molecule has 10 heteroatoms. The number of aromatic nitrogens is 4. The number of ether oxygens (including phenoxy) is 1. The number of fused-ring (bicyclic) bond motifs is 1. The van der Waals surface area contributed by atoms with Crippen LogP contribution >= 0.6 is 0 Å². The molecule has 0 saturated carbocycles. The van der Waals surface area contributed by atoms with Gasteiger partial charge in [-0.15, -0.1) is 0 Å². The summed E-state index contributed by atoms with van der Waals surface area (Å²) in [5, 5.41) is 29.8. The highest BCUT2D eigenvalue weighted by Crippen LogP contribution is 2.35. The molecule has 2 aromatic rings. The molecule has 4 N–H and O–H groups in total. The molecule has 2 saturated heterocycles. The van der Waals surface area contributed by atoms with Crippen LogP contribution in [0.5, 0.6) is 0 Å². The zero-order valence-corrected chi connectivity index (χ0v) is 13.6. The molecule has 0 unspecified atom stereocenters. The Bertz CT molecular complexity index is 814. The second-order valence-electron chi connectivity index (χ2n) is 6.46. The van der Waals surface area contributed by atoms with Crippen molar-refractivity contribution in [2.75, 3.05) is 24.6 Å². The average molecular weight is 351 g/mol. The number of H-pyrrole nitrogens is 1. The highest BCUT2D eigenvalue weighted by atomic mass is 16.6. The highest BCUT2D eigenvalue weighted by molar-refractivity contribution is 5.74. The molecule has 4 heterocycles. The van der Waals surface area contributed by atoms with Gasteiger partial charge < -0.3 is 29.9 Å². The van der Waals surface area contributed by atoms with E-state index in [4.69, 9.17) is 4.74 Å². The normalized spacial score (nSPS) is 30.3. The molecular formula is C15H21N5O5. The second-order valence-corrected chi connectivity index (χ2v) is 6.46. The fourth-order valence-electron chi connectivity index (χ4n) is 3.58. The van der Waals surface area contributed by atoms with E-state index in [0.29, 0.717) is 5.95 Å². The van der Waals surface area contributed by atoms with Crippen LogP contribution in [0.3, 0.4) is 0 Å². The minimum Gasteiger partial charge on any atom is -0.394 e. The number of anilines is 1. The number of piperidine rings is 1. The average Bonchev–Trinajstić information content (AvgIpc) is 3.15. The number of aliphatic hydroxyl groups excluding tert-OH is 3. The first-order valence-electron chi connectivity index (χ1n) is 8.45. The molecule has 0 radical (unpaired) electrons. The molecule has 136 valence electrons. The molecule has 0 bridgehead atoms. The molecule has 4 rings (SSSR count). The quantitative estimate of drug-likeness (QED) is 0.537. The first kappa shape index (κ1) is 16.5. The lowest BCUT2D eigenvalue weighted by atomic mass is 10.1. The van der Waals surface area contributed by atoms with Gasteiger partial charge >= 0.3 is 0 Å². The van der Waals surface area contributed by atoms with Crippen LogP contribution in [-0.2, 0) is 4.74 Å². The van der Waals surface area contributed by atoms with Crippen molar-refractivity contribution in [3.05, 3.63) is 16.7 Å². The Labute approximate surface area is 142 Å². The standard InChI is InChI=1S/C15H21N5O5/c21-6-8-10(22)11(23)14(25-8)20-9-12(16-7-17-13(9)24)18-15(20)19-4-2-1-3-5-19/h7-8,10-11,14,21-23H,1-6H2,(H,16,17,24)/t8-,10-,11-,14-/m0/s1. The fourth-order valence-corrected chi connectivity index (χ4v) is 3.58. The van der Waals surface area contributed by atoms with Crippen LogP contribution < -0.4 is 10.5 Å². The highest BCUT2D eigenvalue weighted by Gasteiger charge is 2.45. The summed E-state index contributed by atoms with van der Waals surface area (Å²) in [4.78, 5) is 25.5. The lowest BCUT2D eigenvalue weighted by Crippen LogP contribution is -2.36. The molecule has 4 atom stereocenters. The van der Waals surface area contributed by atoms with E-state index in [1.54, 1.807) is 0 Å². The van der Waals surface area contributed by atoms with Crippen LogP contribution in [0.15, 0.2) is 11.1 Å². The first-order valence-corrected chi connectivity index (χ1v) is 8.45. The largest absolute Gasteiger partial charge is 0.394 e. The predicted octanol–water partition coefficient (Wildman–Crippen LogP) is -1.28. The van der Waals surface area contributed by atoms with E-state index in [9.17, 15) is 20.1 Å². The van der Waals surface area contributed by atoms with Gasteiger partial charge in [0.15, 0.2) is 17.4 Å². The van der Waals surface area contributed by atoms with Gasteiger partial charge in [-0.1, -0.05) is 0 Å². The summed E-state index contributed by atoms with van der Waals surface area (Å²) in [7, 11) is 0. The first-order chi connectivity index (χ1) is 12.1. The molecule has 2 fully saturated rings. The van der Waals surface area contributed by atoms with Crippen molar-refractivity contribution in [3.63, 3.8) is 0 Å². The monoisotopic (exact) mass is 351 g/mol. The Morgan fingerprint density at radius 3 is 2.68 bits per heavy atom. The lowest BCUT2D eigenvalue weighted by Gasteiger charge is -2.30. The molecule has 0 spiro atoms. The zero-order valence-electron chi connectivity index (χ0n) is 13.6. The number of rotatable bonds is 3. The van der Waals surface area contributed by atoms with Gasteiger partial charge in [0.2, 0.25) is 5.95 Å². The van der Waals surface area contributed by atoms with E-state index in [2.05, 4.69) is 15.0 Å². The second kappa shape index (κ2) is 6.37. The minimum absolute atomic E-state index is 0.179. The van der Waals surface area contributed by atoms with Gasteiger partial charge in [0.25, 0.3) is 5.56 Å². The topological polar surface area (TPSA) is 137 Å². The van der Waals surface area contributed by atoms with Gasteiger partial charge in [-0.2, -0.15) is 4.98 Å². The maximum absolute atomic E-state index is 12.4. The van der Waals surface area contributed by atoms with Gasteiger partial charge in [0.05, 0.1) is 12.9 Å². The van der Waals surface area contributed by atoms with Gasteiger partial charge in [-0.25, -0.2) is 4.98 Å². The zero-order chi connectivity index (χ0) is 17.6. The van der Waals surface area contributed by atoms with E-state index in [1.807, 2.05) is 4.90 Å². The Morgan fingerprint density at radius 1 is 1.24 bits per heavy atom. The molecule has 10 nitrogen and oxygen atoms in total. The van der Waals surface area contributed by atoms with Gasteiger partial charge in [-0.3, -0.25) is 9.36 Å². The van der Waals surface area contributed by atoms with E-state index < -0.39 is 36.7 Å². The third kappa shape index (κ3) is 2.61.